The Labute approximate surface area is 183 Å². The fourth-order valence-electron chi connectivity index (χ4n) is 3.97. The van der Waals surface area contributed by atoms with Gasteiger partial charge in [0.25, 0.3) is 0 Å². The van der Waals surface area contributed by atoms with Gasteiger partial charge in [0, 0.05) is 48.7 Å². The number of halogens is 2. The van der Waals surface area contributed by atoms with Crippen LogP contribution in [-0.2, 0) is 13.1 Å². The smallest absolute Gasteiger partial charge is 0.142 e. The average Bonchev–Trinajstić information content (AvgIpc) is 3.01. The molecule has 4 nitrogen and oxygen atoms in total. The maximum Gasteiger partial charge on any atom is 0.142 e. The van der Waals surface area contributed by atoms with E-state index in [2.05, 4.69) is 16.0 Å². The predicted octanol–water partition coefficient (Wildman–Crippen LogP) is 5.88. The maximum absolute atomic E-state index is 13.6. The van der Waals surface area contributed by atoms with E-state index in [1.54, 1.807) is 6.07 Å². The van der Waals surface area contributed by atoms with Crippen LogP contribution >= 0.6 is 23.8 Å². The zero-order chi connectivity index (χ0) is 20.7. The topological polar surface area (TPSA) is 33.2 Å². The third kappa shape index (κ3) is 3.74. The summed E-state index contributed by atoms with van der Waals surface area (Å²) in [5.41, 5.74) is 4.04. The molecule has 7 heteroatoms. The molecule has 2 aromatic heterocycles. The van der Waals surface area contributed by atoms with E-state index in [9.17, 15) is 4.39 Å². The first kappa shape index (κ1) is 19.3. The van der Waals surface area contributed by atoms with Crippen LogP contribution in [0.4, 0.5) is 4.39 Å². The van der Waals surface area contributed by atoms with Gasteiger partial charge in [-0.15, -0.1) is 0 Å². The Kier molecular flexibility index (Phi) is 5.06. The quantitative estimate of drug-likeness (QED) is 0.405. The number of hydrogen-bond donors (Lipinski definition) is 1. The van der Waals surface area contributed by atoms with Crippen molar-refractivity contribution in [2.75, 3.05) is 13.2 Å². The zero-order valence-electron chi connectivity index (χ0n) is 16.1. The fourth-order valence-corrected chi connectivity index (χ4v) is 4.48. The molecular formula is C23H19ClFN3OS. The Morgan fingerprint density at radius 2 is 2.03 bits per heavy atom. The second-order valence-corrected chi connectivity index (χ2v) is 8.27. The van der Waals surface area contributed by atoms with Crippen LogP contribution in [0.1, 0.15) is 11.1 Å². The number of ether oxygens (including phenoxy) is 1. The number of benzene rings is 2. The molecule has 0 radical (unpaired) electrons. The van der Waals surface area contributed by atoms with E-state index in [0.29, 0.717) is 18.2 Å². The summed E-state index contributed by atoms with van der Waals surface area (Å²) >= 11 is 11.8. The number of hydrogen-bond acceptors (Lipinski definition) is 3. The number of aromatic amines is 1. The van der Waals surface area contributed by atoms with Crippen LogP contribution in [0.25, 0.3) is 16.6 Å². The summed E-state index contributed by atoms with van der Waals surface area (Å²) in [6.45, 7) is 2.84. The van der Waals surface area contributed by atoms with E-state index >= 15 is 0 Å². The van der Waals surface area contributed by atoms with Crippen LogP contribution in [0.2, 0.25) is 5.02 Å². The standard InChI is InChI=1S/C23H19ClFN3OS/c24-20-12-19(28-6-4-16-10-18(25)1-2-21(16)28)11-17-14-27(7-8-29-23(17)20)13-15-3-5-26-22(30)9-15/h1-6,9-12H,7-8,13-14H2,(H,26,30). The summed E-state index contributed by atoms with van der Waals surface area (Å²) < 4.78 is 22.3. The molecule has 152 valence electrons. The van der Waals surface area contributed by atoms with Crippen LogP contribution in [0.15, 0.2) is 60.9 Å². The van der Waals surface area contributed by atoms with Crippen LogP contribution in [-0.4, -0.2) is 27.6 Å². The lowest BCUT2D eigenvalue weighted by Crippen LogP contribution is -2.25. The maximum atomic E-state index is 13.6. The molecular weight excluding hydrogens is 421 g/mol. The van der Waals surface area contributed by atoms with Crippen molar-refractivity contribution >= 4 is 34.7 Å². The minimum absolute atomic E-state index is 0.245. The van der Waals surface area contributed by atoms with Crippen molar-refractivity contribution in [3.05, 3.63) is 87.5 Å². The largest absolute Gasteiger partial charge is 0.490 e. The summed E-state index contributed by atoms with van der Waals surface area (Å²) in [6, 6.07) is 14.7. The average molecular weight is 440 g/mol. The second-order valence-electron chi connectivity index (χ2n) is 7.43. The van der Waals surface area contributed by atoms with E-state index in [1.165, 1.54) is 12.1 Å². The lowest BCUT2D eigenvalue weighted by molar-refractivity contribution is 0.219. The third-order valence-corrected chi connectivity index (χ3v) is 5.85. The van der Waals surface area contributed by atoms with E-state index in [1.807, 2.05) is 41.2 Å². The monoisotopic (exact) mass is 439 g/mol. The van der Waals surface area contributed by atoms with Crippen molar-refractivity contribution in [2.24, 2.45) is 0 Å². The Bertz CT molecular complexity index is 1300. The van der Waals surface area contributed by atoms with Gasteiger partial charge in [0.2, 0.25) is 0 Å². The molecule has 0 aliphatic carbocycles. The SMILES string of the molecule is Fc1ccc2c(ccn2-c2cc(Cl)c3c(c2)CN(Cc2cc[nH]c(=S)c2)CCO3)c1. The van der Waals surface area contributed by atoms with E-state index < -0.39 is 0 Å². The fraction of sp³-hybridized carbons (Fsp3) is 0.174. The molecule has 3 heterocycles. The Morgan fingerprint density at radius 3 is 2.90 bits per heavy atom. The molecule has 1 aliphatic heterocycles. The number of nitrogens with one attached hydrogen (secondary N) is 1. The van der Waals surface area contributed by atoms with Crippen LogP contribution in [0.5, 0.6) is 5.75 Å². The highest BCUT2D eigenvalue weighted by atomic mass is 35.5. The highest BCUT2D eigenvalue weighted by Gasteiger charge is 2.20. The van der Waals surface area contributed by atoms with Gasteiger partial charge in [-0.3, -0.25) is 4.90 Å². The third-order valence-electron chi connectivity index (χ3n) is 5.33. The van der Waals surface area contributed by atoms with E-state index in [0.717, 1.165) is 51.2 Å². The summed E-state index contributed by atoms with van der Waals surface area (Å²) in [5.74, 6) is 0.487. The highest BCUT2D eigenvalue weighted by Crippen LogP contribution is 2.35. The molecule has 2 aromatic carbocycles. The van der Waals surface area contributed by atoms with Gasteiger partial charge in [-0.25, -0.2) is 4.39 Å². The first-order valence-corrected chi connectivity index (χ1v) is 10.5. The molecule has 30 heavy (non-hydrogen) atoms. The minimum Gasteiger partial charge on any atom is -0.490 e. The molecule has 0 bridgehead atoms. The zero-order valence-corrected chi connectivity index (χ0v) is 17.6. The normalized spacial score (nSPS) is 14.3. The first-order valence-electron chi connectivity index (χ1n) is 9.69. The van der Waals surface area contributed by atoms with Gasteiger partial charge in [-0.05, 0) is 54.1 Å². The number of fused-ring (bicyclic) bond motifs is 2. The predicted molar refractivity (Wildman–Crippen MR) is 119 cm³/mol. The Balaban J connectivity index is 1.51. The number of nitrogens with zero attached hydrogens (tertiary/aromatic N) is 2. The molecule has 1 N–H and O–H groups in total. The van der Waals surface area contributed by atoms with Crippen molar-refractivity contribution in [3.8, 4) is 11.4 Å². The van der Waals surface area contributed by atoms with Gasteiger partial charge >= 0.3 is 0 Å². The minimum atomic E-state index is -0.245. The summed E-state index contributed by atoms with van der Waals surface area (Å²) in [5, 5.41) is 1.43. The number of rotatable bonds is 3. The van der Waals surface area contributed by atoms with Gasteiger partial charge in [0.1, 0.15) is 22.8 Å². The molecule has 0 saturated carbocycles. The number of H-pyrrole nitrogens is 1. The molecule has 0 amide bonds. The molecule has 1 aliphatic rings. The van der Waals surface area contributed by atoms with Gasteiger partial charge in [-0.1, -0.05) is 23.8 Å². The summed E-state index contributed by atoms with van der Waals surface area (Å²) in [4.78, 5) is 5.33. The van der Waals surface area contributed by atoms with Gasteiger partial charge in [0.05, 0.1) is 10.5 Å². The summed E-state index contributed by atoms with van der Waals surface area (Å²) in [6.07, 6.45) is 3.80. The van der Waals surface area contributed by atoms with Crippen molar-refractivity contribution in [2.45, 2.75) is 13.1 Å². The van der Waals surface area contributed by atoms with Crippen LogP contribution < -0.4 is 4.74 Å². The molecule has 4 aromatic rings. The van der Waals surface area contributed by atoms with E-state index in [-0.39, 0.29) is 5.82 Å². The second kappa shape index (κ2) is 7.87. The molecule has 0 unspecified atom stereocenters. The number of pyridine rings is 1. The Hall–Kier alpha value is -2.67. The molecule has 0 saturated heterocycles. The molecule has 5 rings (SSSR count). The van der Waals surface area contributed by atoms with Crippen molar-refractivity contribution in [1.29, 1.82) is 0 Å². The van der Waals surface area contributed by atoms with Crippen LogP contribution in [0.3, 0.4) is 0 Å². The van der Waals surface area contributed by atoms with Gasteiger partial charge in [-0.2, -0.15) is 0 Å². The molecule has 0 spiro atoms. The summed E-state index contributed by atoms with van der Waals surface area (Å²) in [7, 11) is 0. The van der Waals surface area contributed by atoms with Crippen molar-refractivity contribution in [3.63, 3.8) is 0 Å². The first-order chi connectivity index (χ1) is 14.6. The van der Waals surface area contributed by atoms with Gasteiger partial charge in [0.15, 0.2) is 0 Å². The number of aromatic nitrogens is 2. The van der Waals surface area contributed by atoms with Crippen molar-refractivity contribution < 1.29 is 9.13 Å². The van der Waals surface area contributed by atoms with Crippen LogP contribution in [0, 0.1) is 10.5 Å². The van der Waals surface area contributed by atoms with Gasteiger partial charge < -0.3 is 14.3 Å². The van der Waals surface area contributed by atoms with E-state index in [4.69, 9.17) is 28.6 Å². The lowest BCUT2D eigenvalue weighted by Gasteiger charge is -2.20. The lowest BCUT2D eigenvalue weighted by atomic mass is 10.1. The highest BCUT2D eigenvalue weighted by molar-refractivity contribution is 7.71. The Morgan fingerprint density at radius 1 is 1.13 bits per heavy atom. The molecule has 0 fully saturated rings. The molecule has 0 atom stereocenters. The van der Waals surface area contributed by atoms with Crippen molar-refractivity contribution in [1.82, 2.24) is 14.5 Å².